The fraction of sp³-hybridized carbons (Fsp3) is 0.333. The summed E-state index contributed by atoms with van der Waals surface area (Å²) in [6.45, 7) is 15.2. The largest absolute Gasteiger partial charge is 0.106 e. The van der Waals surface area contributed by atoms with E-state index in [2.05, 4.69) is 19.7 Å². The molecule has 0 heterocycles. The van der Waals surface area contributed by atoms with Crippen LogP contribution in [-0.2, 0) is 0 Å². The lowest BCUT2D eigenvalue weighted by atomic mass is 10.6. The Balaban J connectivity index is -0.0000000646. The second-order valence-corrected chi connectivity index (χ2v) is 1.07. The highest BCUT2D eigenvalue weighted by atomic mass is 13.4. The van der Waals surface area contributed by atoms with Crippen LogP contribution in [0.3, 0.4) is 0 Å². The number of allylic oxidation sites excluding steroid dienone is 3. The zero-order valence-electron chi connectivity index (χ0n) is 6.85. The summed E-state index contributed by atoms with van der Waals surface area (Å²) < 4.78 is 0. The molecule has 0 aliphatic rings. The average molecular weight is 126 g/mol. The van der Waals surface area contributed by atoms with Crippen LogP contribution in [0.1, 0.15) is 20.8 Å². The molecular weight excluding hydrogens is 108 g/mol. The molecule has 0 saturated carbocycles. The standard InChI is InChI=1S/C4H8.C3H6.C2H4/c1-3-4-2;1-3-2;1-2/h3-4H,1-2H3;3H,1H2,2H3;1-2H2/b4-3+;;. The Labute approximate surface area is 59.6 Å². The molecule has 0 heteroatoms. The molecule has 0 atom stereocenters. The molecule has 9 heavy (non-hydrogen) atoms. The molecule has 0 spiro atoms. The van der Waals surface area contributed by atoms with Crippen LogP contribution in [0.25, 0.3) is 0 Å². The first-order valence-corrected chi connectivity index (χ1v) is 2.97. The zero-order chi connectivity index (χ0) is 8.12. The maximum absolute atomic E-state index is 3.36. The molecule has 0 rings (SSSR count). The first-order chi connectivity index (χ1) is 4.33. The monoisotopic (exact) mass is 126 g/mol. The molecule has 0 fully saturated rings. The van der Waals surface area contributed by atoms with Crippen LogP contribution in [0.2, 0.25) is 0 Å². The van der Waals surface area contributed by atoms with Crippen LogP contribution in [-0.4, -0.2) is 0 Å². The first-order valence-electron chi connectivity index (χ1n) is 2.97. The molecule has 0 saturated heterocycles. The van der Waals surface area contributed by atoms with E-state index in [-0.39, 0.29) is 0 Å². The van der Waals surface area contributed by atoms with Gasteiger partial charge in [-0.2, -0.15) is 0 Å². The molecule has 0 N–H and O–H groups in total. The predicted molar refractivity (Wildman–Crippen MR) is 47.6 cm³/mol. The van der Waals surface area contributed by atoms with E-state index in [1.54, 1.807) is 6.08 Å². The molecule has 0 nitrogen and oxygen atoms in total. The summed E-state index contributed by atoms with van der Waals surface area (Å²) >= 11 is 0. The summed E-state index contributed by atoms with van der Waals surface area (Å²) in [5, 5.41) is 0. The van der Waals surface area contributed by atoms with Crippen LogP contribution in [0, 0.1) is 0 Å². The summed E-state index contributed by atoms with van der Waals surface area (Å²) in [7, 11) is 0. The van der Waals surface area contributed by atoms with E-state index >= 15 is 0 Å². The van der Waals surface area contributed by atoms with E-state index in [0.717, 1.165) is 0 Å². The van der Waals surface area contributed by atoms with E-state index in [0.29, 0.717) is 0 Å². The van der Waals surface area contributed by atoms with E-state index < -0.39 is 0 Å². The SMILES string of the molecule is C/C=C/C.C=C.C=CC. The second kappa shape index (κ2) is 56.7. The van der Waals surface area contributed by atoms with Crippen molar-refractivity contribution in [3.05, 3.63) is 38.0 Å². The van der Waals surface area contributed by atoms with Gasteiger partial charge in [-0.25, -0.2) is 0 Å². The van der Waals surface area contributed by atoms with Crippen molar-refractivity contribution in [3.8, 4) is 0 Å². The Kier molecular flexibility index (Phi) is 99.0. The van der Waals surface area contributed by atoms with Crippen molar-refractivity contribution >= 4 is 0 Å². The van der Waals surface area contributed by atoms with Gasteiger partial charge in [-0.15, -0.1) is 19.7 Å². The summed E-state index contributed by atoms with van der Waals surface area (Å²) in [5.41, 5.74) is 0. The number of hydrogen-bond donors (Lipinski definition) is 0. The third kappa shape index (κ3) is 4060. The predicted octanol–water partition coefficient (Wildman–Crippen LogP) is 3.58. The minimum absolute atomic E-state index is 1.75. The van der Waals surface area contributed by atoms with Gasteiger partial charge in [0.1, 0.15) is 0 Å². The maximum atomic E-state index is 3.36. The van der Waals surface area contributed by atoms with Gasteiger partial charge in [-0.05, 0) is 20.8 Å². The van der Waals surface area contributed by atoms with Gasteiger partial charge >= 0.3 is 0 Å². The van der Waals surface area contributed by atoms with Crippen molar-refractivity contribution in [1.29, 1.82) is 0 Å². The van der Waals surface area contributed by atoms with Gasteiger partial charge in [-0.3, -0.25) is 0 Å². The van der Waals surface area contributed by atoms with Gasteiger partial charge in [0.25, 0.3) is 0 Å². The molecule has 0 aromatic carbocycles. The van der Waals surface area contributed by atoms with Crippen molar-refractivity contribution < 1.29 is 0 Å². The molecule has 0 aromatic rings. The van der Waals surface area contributed by atoms with Crippen molar-refractivity contribution in [1.82, 2.24) is 0 Å². The van der Waals surface area contributed by atoms with E-state index in [1.165, 1.54) is 0 Å². The molecular formula is C9H18. The van der Waals surface area contributed by atoms with Crippen LogP contribution in [0.5, 0.6) is 0 Å². The lowest BCUT2D eigenvalue weighted by molar-refractivity contribution is 1.64. The summed E-state index contributed by atoms with van der Waals surface area (Å²) in [5.74, 6) is 0. The molecule has 0 unspecified atom stereocenters. The Morgan fingerprint density at radius 1 is 0.889 bits per heavy atom. The van der Waals surface area contributed by atoms with E-state index in [9.17, 15) is 0 Å². The highest BCUT2D eigenvalue weighted by molar-refractivity contribution is 4.68. The third-order valence-corrected chi connectivity index (χ3v) is 0.333. The third-order valence-electron chi connectivity index (χ3n) is 0.333. The first kappa shape index (κ1) is 15.7. The van der Waals surface area contributed by atoms with Crippen LogP contribution >= 0.6 is 0 Å². The zero-order valence-corrected chi connectivity index (χ0v) is 6.85. The Morgan fingerprint density at radius 3 is 1.00 bits per heavy atom. The molecule has 0 aliphatic heterocycles. The molecule has 54 valence electrons. The van der Waals surface area contributed by atoms with Gasteiger partial charge in [0, 0.05) is 0 Å². The molecule has 0 aliphatic carbocycles. The molecule has 0 aromatic heterocycles. The maximum Gasteiger partial charge on any atom is -0.0470 e. The highest BCUT2D eigenvalue weighted by Crippen LogP contribution is 1.57. The number of rotatable bonds is 0. The van der Waals surface area contributed by atoms with Crippen LogP contribution < -0.4 is 0 Å². The smallest absolute Gasteiger partial charge is 0.0470 e. The normalized spacial score (nSPS) is 6.11. The van der Waals surface area contributed by atoms with Gasteiger partial charge in [0.2, 0.25) is 0 Å². The summed E-state index contributed by atoms with van der Waals surface area (Å²) in [6.07, 6.45) is 5.75. The quantitative estimate of drug-likeness (QED) is 0.435. The molecule has 0 radical (unpaired) electrons. The van der Waals surface area contributed by atoms with Crippen LogP contribution in [0.4, 0.5) is 0 Å². The Bertz CT molecular complexity index is 47.1. The van der Waals surface area contributed by atoms with E-state index in [4.69, 9.17) is 0 Å². The van der Waals surface area contributed by atoms with Gasteiger partial charge < -0.3 is 0 Å². The van der Waals surface area contributed by atoms with Crippen molar-refractivity contribution in [2.45, 2.75) is 20.8 Å². The van der Waals surface area contributed by atoms with Crippen LogP contribution in [0.15, 0.2) is 38.0 Å². The Morgan fingerprint density at radius 2 is 1.00 bits per heavy atom. The average Bonchev–Trinajstić information content (AvgIpc) is 1.94. The van der Waals surface area contributed by atoms with Gasteiger partial charge in [-0.1, -0.05) is 18.2 Å². The van der Waals surface area contributed by atoms with E-state index in [1.807, 2.05) is 32.9 Å². The summed E-state index contributed by atoms with van der Waals surface area (Å²) in [4.78, 5) is 0. The highest BCUT2D eigenvalue weighted by Gasteiger charge is 1.34. The second-order valence-electron chi connectivity index (χ2n) is 1.07. The Hall–Kier alpha value is -0.780. The molecule has 0 amide bonds. The lowest BCUT2D eigenvalue weighted by Gasteiger charge is -1.49. The van der Waals surface area contributed by atoms with Gasteiger partial charge in [0.05, 0.1) is 0 Å². The van der Waals surface area contributed by atoms with Crippen molar-refractivity contribution in [2.75, 3.05) is 0 Å². The van der Waals surface area contributed by atoms with Gasteiger partial charge in [0.15, 0.2) is 0 Å². The minimum atomic E-state index is 1.75. The fourth-order valence-corrected chi connectivity index (χ4v) is 0. The minimum Gasteiger partial charge on any atom is -0.106 e. The number of hydrogen-bond acceptors (Lipinski definition) is 0. The van der Waals surface area contributed by atoms with Crippen molar-refractivity contribution in [3.63, 3.8) is 0 Å². The summed E-state index contributed by atoms with van der Waals surface area (Å²) in [6, 6.07) is 0. The topological polar surface area (TPSA) is 0 Å². The fourth-order valence-electron chi connectivity index (χ4n) is 0. The molecule has 0 bridgehead atoms. The lowest BCUT2D eigenvalue weighted by Crippen LogP contribution is -1.26. The van der Waals surface area contributed by atoms with Crippen molar-refractivity contribution in [2.24, 2.45) is 0 Å².